The Bertz CT molecular complexity index is 1540. The summed E-state index contributed by atoms with van der Waals surface area (Å²) in [6.07, 6.45) is -2.47. The standard InChI is InChI=1S/C25H23F4N3O5S/c1-13-18(9-8-17(20(13)26)24(34)10-5-11-24)37-23-19(14(2)21(31-32-23)25(27,28)29)22(33)30-15-6-4-7-16(12-15)38(3,35)36/h4,6-9,12,34H,5,10-11H2,1-3H3,(H,30,33). The van der Waals surface area contributed by atoms with Crippen molar-refractivity contribution in [2.45, 2.75) is 49.8 Å². The maximum absolute atomic E-state index is 15.1. The van der Waals surface area contributed by atoms with Crippen molar-refractivity contribution in [3.8, 4) is 11.6 Å². The van der Waals surface area contributed by atoms with Crippen molar-refractivity contribution in [3.63, 3.8) is 0 Å². The summed E-state index contributed by atoms with van der Waals surface area (Å²) in [5.41, 5.74) is -3.93. The molecule has 1 fully saturated rings. The number of nitrogens with one attached hydrogen (secondary N) is 1. The van der Waals surface area contributed by atoms with Gasteiger partial charge in [-0.05, 0) is 69.0 Å². The predicted molar refractivity (Wildman–Crippen MR) is 128 cm³/mol. The van der Waals surface area contributed by atoms with Crippen molar-refractivity contribution in [3.05, 3.63) is 70.2 Å². The molecule has 0 unspecified atom stereocenters. The van der Waals surface area contributed by atoms with Crippen LogP contribution < -0.4 is 10.1 Å². The smallest absolute Gasteiger partial charge is 0.435 e. The first-order valence-electron chi connectivity index (χ1n) is 11.4. The van der Waals surface area contributed by atoms with E-state index in [1.54, 1.807) is 0 Å². The number of carbonyl (C=O) groups excluding carboxylic acids is 1. The molecule has 2 N–H and O–H groups in total. The summed E-state index contributed by atoms with van der Waals surface area (Å²) in [5.74, 6) is -2.59. The van der Waals surface area contributed by atoms with E-state index >= 15 is 4.39 Å². The number of nitrogens with zero attached hydrogens (tertiary/aromatic N) is 2. The number of halogens is 4. The van der Waals surface area contributed by atoms with Gasteiger partial charge in [0.25, 0.3) is 11.8 Å². The third-order valence-corrected chi connectivity index (χ3v) is 7.54. The molecule has 1 saturated carbocycles. The van der Waals surface area contributed by atoms with E-state index in [1.165, 1.54) is 37.3 Å². The monoisotopic (exact) mass is 553 g/mol. The highest BCUT2D eigenvalue weighted by atomic mass is 32.2. The van der Waals surface area contributed by atoms with Crippen LogP contribution >= 0.6 is 0 Å². The summed E-state index contributed by atoms with van der Waals surface area (Å²) >= 11 is 0. The summed E-state index contributed by atoms with van der Waals surface area (Å²) in [6, 6.07) is 7.79. The van der Waals surface area contributed by atoms with E-state index in [-0.39, 0.29) is 27.5 Å². The molecule has 1 aliphatic rings. The lowest BCUT2D eigenvalue weighted by molar-refractivity contribution is -0.142. The Morgan fingerprint density at radius 2 is 1.79 bits per heavy atom. The number of amides is 1. The van der Waals surface area contributed by atoms with E-state index in [4.69, 9.17) is 4.74 Å². The number of ether oxygens (including phenoxy) is 1. The number of hydrogen-bond donors (Lipinski definition) is 2. The number of rotatable bonds is 6. The molecule has 8 nitrogen and oxygen atoms in total. The number of aromatic nitrogens is 2. The van der Waals surface area contributed by atoms with Crippen molar-refractivity contribution in [1.82, 2.24) is 10.2 Å². The van der Waals surface area contributed by atoms with Gasteiger partial charge in [0.15, 0.2) is 15.5 Å². The van der Waals surface area contributed by atoms with E-state index in [2.05, 4.69) is 15.5 Å². The fourth-order valence-corrected chi connectivity index (χ4v) is 4.79. The first kappa shape index (κ1) is 27.5. The van der Waals surface area contributed by atoms with Gasteiger partial charge in [-0.3, -0.25) is 4.79 Å². The van der Waals surface area contributed by atoms with E-state index in [1.807, 2.05) is 0 Å². The second-order valence-corrected chi connectivity index (χ2v) is 11.2. The van der Waals surface area contributed by atoms with Crippen LogP contribution in [-0.2, 0) is 21.6 Å². The number of hydrogen-bond acceptors (Lipinski definition) is 7. The molecule has 0 saturated heterocycles. The molecule has 202 valence electrons. The van der Waals surface area contributed by atoms with Crippen molar-refractivity contribution >= 4 is 21.4 Å². The maximum Gasteiger partial charge on any atom is 0.435 e. The highest BCUT2D eigenvalue weighted by molar-refractivity contribution is 7.90. The lowest BCUT2D eigenvalue weighted by Gasteiger charge is -2.37. The number of benzene rings is 2. The van der Waals surface area contributed by atoms with Gasteiger partial charge in [-0.15, -0.1) is 10.2 Å². The first-order chi connectivity index (χ1) is 17.6. The second kappa shape index (κ2) is 9.62. The number of carbonyl (C=O) groups is 1. The third-order valence-electron chi connectivity index (χ3n) is 6.43. The molecule has 1 heterocycles. The molecule has 1 aromatic heterocycles. The van der Waals surface area contributed by atoms with E-state index in [9.17, 15) is 31.5 Å². The minimum absolute atomic E-state index is 0.00559. The van der Waals surface area contributed by atoms with Gasteiger partial charge in [-0.25, -0.2) is 12.8 Å². The number of sulfone groups is 1. The summed E-state index contributed by atoms with van der Waals surface area (Å²) < 4.78 is 85.1. The second-order valence-electron chi connectivity index (χ2n) is 9.14. The molecular weight excluding hydrogens is 530 g/mol. The maximum atomic E-state index is 15.1. The van der Waals surface area contributed by atoms with Gasteiger partial charge in [0, 0.05) is 23.1 Å². The molecule has 1 aliphatic carbocycles. The van der Waals surface area contributed by atoms with Gasteiger partial charge in [-0.2, -0.15) is 13.2 Å². The highest BCUT2D eigenvalue weighted by Gasteiger charge is 2.40. The van der Waals surface area contributed by atoms with E-state index in [0.717, 1.165) is 25.7 Å². The van der Waals surface area contributed by atoms with Crippen LogP contribution in [0.4, 0.5) is 23.2 Å². The normalized spacial score (nSPS) is 15.1. The Morgan fingerprint density at radius 1 is 1.11 bits per heavy atom. The van der Waals surface area contributed by atoms with Crippen molar-refractivity contribution in [2.75, 3.05) is 11.6 Å². The molecule has 1 amide bonds. The van der Waals surface area contributed by atoms with Crippen LogP contribution in [0.25, 0.3) is 0 Å². The average molecular weight is 554 g/mol. The summed E-state index contributed by atoms with van der Waals surface area (Å²) in [7, 11) is -3.63. The predicted octanol–water partition coefficient (Wildman–Crippen LogP) is 5.07. The van der Waals surface area contributed by atoms with Gasteiger partial charge in [-0.1, -0.05) is 6.07 Å². The number of anilines is 1. The van der Waals surface area contributed by atoms with Crippen LogP contribution in [0.1, 0.15) is 52.0 Å². The molecule has 0 aliphatic heterocycles. The van der Waals surface area contributed by atoms with Crippen LogP contribution in [0, 0.1) is 19.7 Å². The van der Waals surface area contributed by atoms with E-state index in [0.29, 0.717) is 12.8 Å². The Balaban J connectivity index is 1.76. The first-order valence-corrected chi connectivity index (χ1v) is 13.3. The molecule has 2 aromatic carbocycles. The van der Waals surface area contributed by atoms with E-state index < -0.39 is 56.0 Å². The summed E-state index contributed by atoms with van der Waals surface area (Å²) in [4.78, 5) is 13.1. The van der Waals surface area contributed by atoms with Gasteiger partial charge in [0.05, 0.1) is 10.5 Å². The Morgan fingerprint density at radius 3 is 2.37 bits per heavy atom. The van der Waals surface area contributed by atoms with Crippen molar-refractivity contribution in [2.24, 2.45) is 0 Å². The number of alkyl halides is 3. The van der Waals surface area contributed by atoms with Crippen LogP contribution in [0.5, 0.6) is 11.6 Å². The van der Waals surface area contributed by atoms with Gasteiger partial charge < -0.3 is 15.2 Å². The zero-order chi connectivity index (χ0) is 28.0. The molecule has 38 heavy (non-hydrogen) atoms. The third kappa shape index (κ3) is 5.20. The minimum Gasteiger partial charge on any atom is -0.437 e. The van der Waals surface area contributed by atoms with Crippen molar-refractivity contribution in [1.29, 1.82) is 0 Å². The molecule has 3 aromatic rings. The van der Waals surface area contributed by atoms with Crippen LogP contribution in [0.15, 0.2) is 41.3 Å². The molecule has 0 bridgehead atoms. The highest BCUT2D eigenvalue weighted by Crippen LogP contribution is 2.44. The molecule has 0 atom stereocenters. The zero-order valence-electron chi connectivity index (χ0n) is 20.5. The van der Waals surface area contributed by atoms with Gasteiger partial charge in [0.2, 0.25) is 0 Å². The SMILES string of the molecule is Cc1c(Oc2nnc(C(F)(F)F)c(C)c2C(=O)Nc2cccc(S(C)(=O)=O)c2)ccc(C2(O)CCC2)c1F. The number of aliphatic hydroxyl groups is 1. The summed E-state index contributed by atoms with van der Waals surface area (Å²) in [5, 5.41) is 19.5. The average Bonchev–Trinajstić information content (AvgIpc) is 2.79. The quantitative estimate of drug-likeness (QED) is 0.409. The fourth-order valence-electron chi connectivity index (χ4n) is 4.13. The fraction of sp³-hybridized carbons (Fsp3) is 0.320. The van der Waals surface area contributed by atoms with Crippen LogP contribution in [0.3, 0.4) is 0 Å². The topological polar surface area (TPSA) is 118 Å². The minimum atomic E-state index is -4.94. The summed E-state index contributed by atoms with van der Waals surface area (Å²) in [6.45, 7) is 2.37. The molecule has 4 rings (SSSR count). The van der Waals surface area contributed by atoms with Gasteiger partial charge >= 0.3 is 6.18 Å². The van der Waals surface area contributed by atoms with Crippen LogP contribution in [0.2, 0.25) is 0 Å². The largest absolute Gasteiger partial charge is 0.437 e. The van der Waals surface area contributed by atoms with Gasteiger partial charge in [0.1, 0.15) is 17.1 Å². The molecule has 0 spiro atoms. The zero-order valence-corrected chi connectivity index (χ0v) is 21.3. The Hall–Kier alpha value is -3.58. The Labute approximate surface area is 215 Å². The lowest BCUT2D eigenvalue weighted by Crippen LogP contribution is -2.34. The van der Waals surface area contributed by atoms with Crippen LogP contribution in [-0.4, -0.2) is 35.9 Å². The van der Waals surface area contributed by atoms with Crippen molar-refractivity contribution < 1.29 is 40.6 Å². The molecular formula is C25H23F4N3O5S. The molecule has 0 radical (unpaired) electrons. The molecule has 13 heteroatoms. The lowest BCUT2D eigenvalue weighted by atomic mass is 9.74. The Kier molecular flexibility index (Phi) is 6.95.